The SMILES string of the molecule is CC(C)P(N)(=O)O. The van der Waals surface area contributed by atoms with Crippen LogP contribution < -0.4 is 5.50 Å². The topological polar surface area (TPSA) is 63.3 Å². The molecule has 0 spiro atoms. The van der Waals surface area contributed by atoms with Crippen LogP contribution in [0.15, 0.2) is 0 Å². The van der Waals surface area contributed by atoms with Crippen molar-refractivity contribution in [3.8, 4) is 0 Å². The van der Waals surface area contributed by atoms with Crippen LogP contribution in [-0.2, 0) is 4.57 Å². The Hall–Kier alpha value is 0.150. The highest BCUT2D eigenvalue weighted by atomic mass is 31.2. The first kappa shape index (κ1) is 7.15. The Balaban J connectivity index is 3.80. The minimum Gasteiger partial charge on any atom is -0.333 e. The van der Waals surface area contributed by atoms with Gasteiger partial charge in [0.15, 0.2) is 0 Å². The van der Waals surface area contributed by atoms with E-state index in [0.29, 0.717) is 0 Å². The Labute approximate surface area is 43.0 Å². The number of hydrogen-bond donors (Lipinski definition) is 2. The Morgan fingerprint density at radius 1 is 1.71 bits per heavy atom. The molecule has 0 aromatic heterocycles. The van der Waals surface area contributed by atoms with Crippen LogP contribution in [0.5, 0.6) is 0 Å². The summed E-state index contributed by atoms with van der Waals surface area (Å²) >= 11 is 0. The van der Waals surface area contributed by atoms with E-state index in [-0.39, 0.29) is 5.66 Å². The summed E-state index contributed by atoms with van der Waals surface area (Å²) in [6, 6.07) is 0. The van der Waals surface area contributed by atoms with Crippen LogP contribution in [0.1, 0.15) is 13.8 Å². The fourth-order valence-corrected chi connectivity index (χ4v) is 0. The van der Waals surface area contributed by atoms with Crippen molar-refractivity contribution in [2.75, 3.05) is 0 Å². The lowest BCUT2D eigenvalue weighted by Crippen LogP contribution is -2.04. The minimum absolute atomic E-state index is 0.313. The van der Waals surface area contributed by atoms with Gasteiger partial charge < -0.3 is 4.89 Å². The molecule has 0 aromatic rings. The molecule has 3 N–H and O–H groups in total. The Bertz CT molecular complexity index is 95.1. The lowest BCUT2D eigenvalue weighted by molar-refractivity contribution is 0.470. The van der Waals surface area contributed by atoms with E-state index in [0.717, 1.165) is 0 Å². The molecule has 0 radical (unpaired) electrons. The van der Waals surface area contributed by atoms with Crippen molar-refractivity contribution in [1.29, 1.82) is 0 Å². The average Bonchev–Trinajstić information content (AvgIpc) is 1.31. The maximum absolute atomic E-state index is 10.2. The molecule has 3 nitrogen and oxygen atoms in total. The van der Waals surface area contributed by atoms with Crippen molar-refractivity contribution in [3.05, 3.63) is 0 Å². The third kappa shape index (κ3) is 2.80. The smallest absolute Gasteiger partial charge is 0.267 e. The summed E-state index contributed by atoms with van der Waals surface area (Å²) in [5.41, 5.74) is 4.48. The highest BCUT2D eigenvalue weighted by molar-refractivity contribution is 7.56. The normalized spacial score (nSPS) is 19.6. The zero-order chi connectivity index (χ0) is 6.08. The summed E-state index contributed by atoms with van der Waals surface area (Å²) in [5, 5.41) is 0. The number of nitrogens with two attached hydrogens (primary N) is 1. The van der Waals surface area contributed by atoms with Crippen molar-refractivity contribution in [2.24, 2.45) is 5.50 Å². The maximum atomic E-state index is 10.2. The van der Waals surface area contributed by atoms with Crippen LogP contribution in [-0.4, -0.2) is 10.6 Å². The van der Waals surface area contributed by atoms with E-state index in [1.807, 2.05) is 0 Å². The van der Waals surface area contributed by atoms with Crippen molar-refractivity contribution < 1.29 is 9.46 Å². The standard InChI is InChI=1S/C3H10NO2P/c1-3(2)7(4,5)6/h3H,1-2H3,(H3,4,5,6). The van der Waals surface area contributed by atoms with E-state index in [1.165, 1.54) is 0 Å². The van der Waals surface area contributed by atoms with E-state index in [2.05, 4.69) is 0 Å². The summed E-state index contributed by atoms with van der Waals surface area (Å²) in [4.78, 5) is 8.43. The monoisotopic (exact) mass is 123 g/mol. The second-order valence-corrected chi connectivity index (χ2v) is 4.14. The van der Waals surface area contributed by atoms with Crippen molar-refractivity contribution in [2.45, 2.75) is 19.5 Å². The Morgan fingerprint density at radius 3 is 1.86 bits per heavy atom. The Kier molecular flexibility index (Phi) is 1.99. The first-order chi connectivity index (χ1) is 2.94. The van der Waals surface area contributed by atoms with Crippen LogP contribution >= 0.6 is 7.52 Å². The lowest BCUT2D eigenvalue weighted by Gasteiger charge is -2.06. The molecule has 0 fully saturated rings. The van der Waals surface area contributed by atoms with Crippen molar-refractivity contribution in [3.63, 3.8) is 0 Å². The third-order valence-electron chi connectivity index (χ3n) is 0.740. The van der Waals surface area contributed by atoms with Gasteiger partial charge in [0, 0.05) is 5.66 Å². The maximum Gasteiger partial charge on any atom is 0.267 e. The van der Waals surface area contributed by atoms with Gasteiger partial charge in [0.05, 0.1) is 0 Å². The second kappa shape index (κ2) is 1.95. The van der Waals surface area contributed by atoms with Crippen molar-refractivity contribution in [1.82, 2.24) is 0 Å². The van der Waals surface area contributed by atoms with Gasteiger partial charge in [0.2, 0.25) is 0 Å². The van der Waals surface area contributed by atoms with Gasteiger partial charge in [-0.15, -0.1) is 0 Å². The number of rotatable bonds is 1. The summed E-state index contributed by atoms with van der Waals surface area (Å²) in [6.45, 7) is 3.22. The lowest BCUT2D eigenvalue weighted by atomic mass is 10.6. The predicted octanol–water partition coefficient (Wildman–Crippen LogP) is 0.539. The van der Waals surface area contributed by atoms with E-state index in [9.17, 15) is 4.57 Å². The molecular formula is C3H10NO2P. The van der Waals surface area contributed by atoms with Gasteiger partial charge in [0.1, 0.15) is 0 Å². The first-order valence-electron chi connectivity index (χ1n) is 2.05. The predicted molar refractivity (Wildman–Crippen MR) is 29.1 cm³/mol. The van der Waals surface area contributed by atoms with E-state index in [4.69, 9.17) is 10.4 Å². The highest BCUT2D eigenvalue weighted by Crippen LogP contribution is 2.35. The largest absolute Gasteiger partial charge is 0.333 e. The van der Waals surface area contributed by atoms with Gasteiger partial charge >= 0.3 is 0 Å². The van der Waals surface area contributed by atoms with Gasteiger partial charge in [-0.05, 0) is 0 Å². The molecule has 0 aliphatic rings. The van der Waals surface area contributed by atoms with Crippen LogP contribution in [0, 0.1) is 0 Å². The zero-order valence-electron chi connectivity index (χ0n) is 4.46. The molecule has 0 aliphatic heterocycles. The van der Waals surface area contributed by atoms with Gasteiger partial charge in [-0.2, -0.15) is 0 Å². The molecule has 4 heteroatoms. The van der Waals surface area contributed by atoms with Crippen LogP contribution in [0.25, 0.3) is 0 Å². The molecule has 1 unspecified atom stereocenters. The fourth-order valence-electron chi connectivity index (χ4n) is 0. The van der Waals surface area contributed by atoms with E-state index >= 15 is 0 Å². The average molecular weight is 123 g/mol. The quantitative estimate of drug-likeness (QED) is 0.500. The van der Waals surface area contributed by atoms with Crippen LogP contribution in [0.3, 0.4) is 0 Å². The summed E-state index contributed by atoms with van der Waals surface area (Å²) in [7, 11) is -3.24. The summed E-state index contributed by atoms with van der Waals surface area (Å²) < 4.78 is 10.2. The molecule has 0 aromatic carbocycles. The van der Waals surface area contributed by atoms with Crippen molar-refractivity contribution >= 4 is 7.52 Å². The van der Waals surface area contributed by atoms with Crippen LogP contribution in [0.2, 0.25) is 0 Å². The molecule has 0 rings (SSSR count). The molecule has 1 atom stereocenters. The van der Waals surface area contributed by atoms with Gasteiger partial charge in [-0.3, -0.25) is 10.1 Å². The summed E-state index contributed by atoms with van der Waals surface area (Å²) in [5.74, 6) is 0. The molecule has 0 bridgehead atoms. The van der Waals surface area contributed by atoms with Gasteiger partial charge in [0.25, 0.3) is 7.52 Å². The third-order valence-corrected chi connectivity index (χ3v) is 2.22. The molecule has 7 heavy (non-hydrogen) atoms. The molecule has 0 amide bonds. The van der Waals surface area contributed by atoms with Gasteiger partial charge in [-0.25, -0.2) is 0 Å². The molecule has 44 valence electrons. The first-order valence-corrected chi connectivity index (χ1v) is 3.85. The summed E-state index contributed by atoms with van der Waals surface area (Å²) in [6.07, 6.45) is 0. The van der Waals surface area contributed by atoms with E-state index in [1.54, 1.807) is 13.8 Å². The number of hydrogen-bond acceptors (Lipinski definition) is 1. The van der Waals surface area contributed by atoms with Gasteiger partial charge in [-0.1, -0.05) is 13.8 Å². The minimum atomic E-state index is -3.24. The molecule has 0 aliphatic carbocycles. The fraction of sp³-hybridized carbons (Fsp3) is 1.00. The molecule has 0 heterocycles. The van der Waals surface area contributed by atoms with Crippen LogP contribution in [0.4, 0.5) is 0 Å². The molecule has 0 saturated carbocycles. The Morgan fingerprint density at radius 2 is 1.86 bits per heavy atom. The molecular weight excluding hydrogens is 113 g/mol. The zero-order valence-corrected chi connectivity index (χ0v) is 5.35. The molecule has 0 saturated heterocycles. The second-order valence-electron chi connectivity index (χ2n) is 1.77. The highest BCUT2D eigenvalue weighted by Gasteiger charge is 2.14. The van der Waals surface area contributed by atoms with E-state index < -0.39 is 7.52 Å².